The first-order valence-corrected chi connectivity index (χ1v) is 7.90. The maximum absolute atomic E-state index is 2.59. The molecule has 1 aliphatic heterocycles. The van der Waals surface area contributed by atoms with Crippen LogP contribution in [0.1, 0.15) is 19.4 Å². The van der Waals surface area contributed by atoms with Gasteiger partial charge in [0.25, 0.3) is 0 Å². The van der Waals surface area contributed by atoms with Gasteiger partial charge in [0.1, 0.15) is 0 Å². The van der Waals surface area contributed by atoms with Crippen molar-refractivity contribution >= 4 is 22.6 Å². The highest BCUT2D eigenvalue weighted by Crippen LogP contribution is 2.12. The van der Waals surface area contributed by atoms with Crippen molar-refractivity contribution < 1.29 is 0 Å². The van der Waals surface area contributed by atoms with E-state index in [-0.39, 0.29) is 0 Å². The molecule has 1 aromatic rings. The molecule has 1 heterocycles. The molecule has 1 aromatic carbocycles. The van der Waals surface area contributed by atoms with Crippen molar-refractivity contribution in [2.45, 2.75) is 20.4 Å². The van der Waals surface area contributed by atoms with Gasteiger partial charge in [0, 0.05) is 42.8 Å². The minimum absolute atomic E-state index is 0.785. The van der Waals surface area contributed by atoms with E-state index in [0.717, 1.165) is 12.5 Å². The van der Waals surface area contributed by atoms with Gasteiger partial charge in [-0.1, -0.05) is 26.0 Å². The van der Waals surface area contributed by atoms with Crippen molar-refractivity contribution in [1.29, 1.82) is 0 Å². The van der Waals surface area contributed by atoms with E-state index in [9.17, 15) is 0 Å². The molecular formula is C15H23IN2. The molecule has 0 N–H and O–H groups in total. The quantitative estimate of drug-likeness (QED) is 0.764. The first-order valence-electron chi connectivity index (χ1n) is 6.82. The predicted octanol–water partition coefficient (Wildman–Crippen LogP) is 3.06. The highest BCUT2D eigenvalue weighted by molar-refractivity contribution is 14.1. The topological polar surface area (TPSA) is 6.48 Å². The second kappa shape index (κ2) is 6.87. The Hall–Kier alpha value is -0.130. The van der Waals surface area contributed by atoms with E-state index in [1.54, 1.807) is 0 Å². The van der Waals surface area contributed by atoms with Gasteiger partial charge in [0.2, 0.25) is 0 Å². The lowest BCUT2D eigenvalue weighted by atomic mass is 10.1. The predicted molar refractivity (Wildman–Crippen MR) is 85.7 cm³/mol. The third kappa shape index (κ3) is 4.52. The van der Waals surface area contributed by atoms with E-state index in [1.165, 1.54) is 41.9 Å². The standard InChI is InChI=1S/C15H23IN2/c1-13(2)11-17-7-9-18(10-8-17)12-14-3-5-15(16)6-4-14/h3-6,13H,7-12H2,1-2H3. The summed E-state index contributed by atoms with van der Waals surface area (Å²) in [6, 6.07) is 8.90. The Bertz CT molecular complexity index is 353. The molecule has 1 saturated heterocycles. The molecule has 18 heavy (non-hydrogen) atoms. The summed E-state index contributed by atoms with van der Waals surface area (Å²) in [4.78, 5) is 5.16. The molecule has 0 bridgehead atoms. The summed E-state index contributed by atoms with van der Waals surface area (Å²) in [5, 5.41) is 0. The van der Waals surface area contributed by atoms with Gasteiger partial charge in [-0.2, -0.15) is 0 Å². The minimum atomic E-state index is 0.785. The highest BCUT2D eigenvalue weighted by atomic mass is 127. The second-order valence-electron chi connectivity index (χ2n) is 5.60. The van der Waals surface area contributed by atoms with Crippen LogP contribution in [0.3, 0.4) is 0 Å². The number of halogens is 1. The molecule has 0 aromatic heterocycles. The average molecular weight is 358 g/mol. The molecule has 0 radical (unpaired) electrons. The smallest absolute Gasteiger partial charge is 0.0234 e. The number of rotatable bonds is 4. The van der Waals surface area contributed by atoms with E-state index in [2.05, 4.69) is 70.5 Å². The summed E-state index contributed by atoms with van der Waals surface area (Å²) < 4.78 is 1.32. The Morgan fingerprint density at radius 3 is 2.11 bits per heavy atom. The average Bonchev–Trinajstić information content (AvgIpc) is 2.34. The lowest BCUT2D eigenvalue weighted by Crippen LogP contribution is -2.46. The van der Waals surface area contributed by atoms with Crippen LogP contribution < -0.4 is 0 Å². The van der Waals surface area contributed by atoms with Crippen molar-refractivity contribution in [2.75, 3.05) is 32.7 Å². The fraction of sp³-hybridized carbons (Fsp3) is 0.600. The molecule has 0 amide bonds. The van der Waals surface area contributed by atoms with Crippen LogP contribution in [0.2, 0.25) is 0 Å². The van der Waals surface area contributed by atoms with E-state index >= 15 is 0 Å². The largest absolute Gasteiger partial charge is 0.301 e. The van der Waals surface area contributed by atoms with E-state index in [4.69, 9.17) is 0 Å². The van der Waals surface area contributed by atoms with Crippen LogP contribution in [-0.2, 0) is 6.54 Å². The van der Waals surface area contributed by atoms with Crippen LogP contribution in [0.5, 0.6) is 0 Å². The van der Waals surface area contributed by atoms with Gasteiger partial charge in [0.05, 0.1) is 0 Å². The van der Waals surface area contributed by atoms with Crippen LogP contribution >= 0.6 is 22.6 Å². The lowest BCUT2D eigenvalue weighted by molar-refractivity contribution is 0.117. The lowest BCUT2D eigenvalue weighted by Gasteiger charge is -2.35. The van der Waals surface area contributed by atoms with Crippen molar-refractivity contribution in [2.24, 2.45) is 5.92 Å². The van der Waals surface area contributed by atoms with E-state index in [1.807, 2.05) is 0 Å². The Morgan fingerprint density at radius 2 is 1.56 bits per heavy atom. The van der Waals surface area contributed by atoms with Crippen molar-refractivity contribution in [3.63, 3.8) is 0 Å². The van der Waals surface area contributed by atoms with E-state index in [0.29, 0.717) is 0 Å². The molecule has 1 fully saturated rings. The molecular weight excluding hydrogens is 335 g/mol. The van der Waals surface area contributed by atoms with Gasteiger partial charge in [-0.25, -0.2) is 0 Å². The van der Waals surface area contributed by atoms with E-state index < -0.39 is 0 Å². The van der Waals surface area contributed by atoms with Gasteiger partial charge in [0.15, 0.2) is 0 Å². The number of benzene rings is 1. The summed E-state index contributed by atoms with van der Waals surface area (Å²) in [7, 11) is 0. The molecule has 100 valence electrons. The van der Waals surface area contributed by atoms with Gasteiger partial charge >= 0.3 is 0 Å². The first kappa shape index (κ1) is 14.3. The van der Waals surface area contributed by atoms with Gasteiger partial charge in [-0.3, -0.25) is 4.90 Å². The Kier molecular flexibility index (Phi) is 5.45. The molecule has 0 aliphatic carbocycles. The number of hydrogen-bond donors (Lipinski definition) is 0. The molecule has 0 spiro atoms. The monoisotopic (exact) mass is 358 g/mol. The maximum atomic E-state index is 2.59. The molecule has 2 rings (SSSR count). The fourth-order valence-corrected chi connectivity index (χ4v) is 2.85. The molecule has 0 atom stereocenters. The Balaban J connectivity index is 1.78. The maximum Gasteiger partial charge on any atom is 0.0234 e. The van der Waals surface area contributed by atoms with Gasteiger partial charge < -0.3 is 4.90 Å². The number of nitrogens with zero attached hydrogens (tertiary/aromatic N) is 2. The van der Waals surface area contributed by atoms with Crippen LogP contribution in [0.4, 0.5) is 0 Å². The second-order valence-corrected chi connectivity index (χ2v) is 6.84. The third-order valence-electron chi connectivity index (χ3n) is 3.41. The summed E-state index contributed by atoms with van der Waals surface area (Å²) in [6.45, 7) is 11.8. The Labute approximate surface area is 124 Å². The normalized spacial score (nSPS) is 18.4. The highest BCUT2D eigenvalue weighted by Gasteiger charge is 2.17. The molecule has 1 aliphatic rings. The number of hydrogen-bond acceptors (Lipinski definition) is 2. The summed E-state index contributed by atoms with van der Waals surface area (Å²) in [5.41, 5.74) is 1.44. The minimum Gasteiger partial charge on any atom is -0.301 e. The van der Waals surface area contributed by atoms with Gasteiger partial charge in [-0.05, 0) is 46.2 Å². The SMILES string of the molecule is CC(C)CN1CCN(Cc2ccc(I)cc2)CC1. The number of piperazine rings is 1. The van der Waals surface area contributed by atoms with Crippen molar-refractivity contribution in [3.8, 4) is 0 Å². The van der Waals surface area contributed by atoms with Crippen LogP contribution in [0.15, 0.2) is 24.3 Å². The zero-order valence-corrected chi connectivity index (χ0v) is 13.6. The van der Waals surface area contributed by atoms with Gasteiger partial charge in [-0.15, -0.1) is 0 Å². The molecule has 0 unspecified atom stereocenters. The third-order valence-corrected chi connectivity index (χ3v) is 4.13. The van der Waals surface area contributed by atoms with Crippen LogP contribution in [0, 0.1) is 9.49 Å². The zero-order valence-electron chi connectivity index (χ0n) is 11.4. The van der Waals surface area contributed by atoms with Crippen LogP contribution in [-0.4, -0.2) is 42.5 Å². The molecule has 2 nitrogen and oxygen atoms in total. The first-order chi connectivity index (χ1) is 8.63. The van der Waals surface area contributed by atoms with Crippen molar-refractivity contribution in [1.82, 2.24) is 9.80 Å². The zero-order chi connectivity index (χ0) is 13.0. The van der Waals surface area contributed by atoms with Crippen LogP contribution in [0.25, 0.3) is 0 Å². The fourth-order valence-electron chi connectivity index (χ4n) is 2.49. The molecule has 0 saturated carbocycles. The summed E-state index contributed by atoms with van der Waals surface area (Å²) in [5.74, 6) is 0.785. The van der Waals surface area contributed by atoms with Crippen molar-refractivity contribution in [3.05, 3.63) is 33.4 Å². The summed E-state index contributed by atoms with van der Waals surface area (Å²) >= 11 is 2.36. The molecule has 3 heteroatoms. The summed E-state index contributed by atoms with van der Waals surface area (Å²) in [6.07, 6.45) is 0. The Morgan fingerprint density at radius 1 is 1.00 bits per heavy atom.